The molecule has 0 amide bonds. The largest absolute Gasteiger partial charge is 0.480 e. The van der Waals surface area contributed by atoms with Gasteiger partial charge in [-0.2, -0.15) is 15.1 Å². The van der Waals surface area contributed by atoms with Crippen molar-refractivity contribution in [3.8, 4) is 23.1 Å². The van der Waals surface area contributed by atoms with Gasteiger partial charge in [-0.05, 0) is 70.5 Å². The van der Waals surface area contributed by atoms with Crippen LogP contribution in [0.4, 0.5) is 10.2 Å². The highest BCUT2D eigenvalue weighted by Crippen LogP contribution is 2.50. The highest BCUT2D eigenvalue weighted by Gasteiger charge is 2.52. The van der Waals surface area contributed by atoms with Gasteiger partial charge in [-0.3, -0.25) is 10.00 Å². The molecule has 2 aliphatic heterocycles. The van der Waals surface area contributed by atoms with Crippen molar-refractivity contribution in [1.29, 1.82) is 0 Å². The summed E-state index contributed by atoms with van der Waals surface area (Å²) in [7, 11) is 3.25. The smallest absolute Gasteiger partial charge is 0.319 e. The lowest BCUT2D eigenvalue weighted by atomic mass is 9.73. The van der Waals surface area contributed by atoms with Crippen LogP contribution >= 0.6 is 11.6 Å². The number of aromatic nitrogens is 5. The highest BCUT2D eigenvalue weighted by atomic mass is 35.5. The Kier molecular flexibility index (Phi) is 9.44. The number of piperidine rings is 1. The second-order valence-electron chi connectivity index (χ2n) is 15.4. The molecule has 2 aliphatic carbocycles. The zero-order valence-electron chi connectivity index (χ0n) is 30.1. The number of fused-ring (bicyclic) bond motifs is 3. The Morgan fingerprint density at radius 1 is 1.17 bits per heavy atom. The molecule has 1 aromatic carbocycles. The predicted octanol–water partition coefficient (Wildman–Crippen LogP) is 4.82. The number of likely N-dealkylation sites (tertiary alicyclic amines) is 1. The minimum absolute atomic E-state index is 0.00184. The molecule has 0 radical (unpaired) electrons. The number of hydrogen-bond donors (Lipinski definition) is 3. The van der Waals surface area contributed by atoms with E-state index >= 15 is 4.39 Å². The molecule has 5 heterocycles. The average Bonchev–Trinajstić information content (AvgIpc) is 3.73. The summed E-state index contributed by atoms with van der Waals surface area (Å²) in [6.45, 7) is 4.87. The molecular formula is C37H47ClFN7O6. The molecule has 0 spiro atoms. The Morgan fingerprint density at radius 2 is 1.98 bits per heavy atom. The molecule has 2 saturated heterocycles. The minimum Gasteiger partial charge on any atom is -0.480 e. The molecule has 8 rings (SSSR count). The predicted molar refractivity (Wildman–Crippen MR) is 194 cm³/mol. The van der Waals surface area contributed by atoms with Crippen LogP contribution in [0.2, 0.25) is 5.02 Å². The normalized spacial score (nSPS) is 29.7. The number of benzene rings is 1. The van der Waals surface area contributed by atoms with Gasteiger partial charge in [-0.25, -0.2) is 9.37 Å². The Balaban J connectivity index is 1.25. The van der Waals surface area contributed by atoms with Crippen LogP contribution in [0.5, 0.6) is 11.9 Å². The van der Waals surface area contributed by atoms with Gasteiger partial charge in [0.15, 0.2) is 5.82 Å². The molecule has 0 bridgehead atoms. The lowest BCUT2D eigenvalue weighted by Crippen LogP contribution is -2.59. The lowest BCUT2D eigenvalue weighted by molar-refractivity contribution is -0.0845. The van der Waals surface area contributed by atoms with Crippen LogP contribution in [-0.2, 0) is 9.47 Å². The van der Waals surface area contributed by atoms with Gasteiger partial charge in [0, 0.05) is 47.1 Å². The minimum atomic E-state index is -1.31. The molecule has 4 unspecified atom stereocenters. The standard InChI is InChI=1S/C37H47ClFN7O6/c1-20-25(38)13-26-24(14-40-44-26)28(20)31-30(39)32-29(34(41-31)50-4)33(45-15-23(16-47)51-18-36(2,48)17-45)43-35(42-32)52-19-37-8-5-7-27(37)46(10-6-9-37)21-11-22(12-21)49-3/h13-14,21-23,27,47-48H,5-12,15-19H2,1-4H3,(H,40,44). The van der Waals surface area contributed by atoms with Crippen molar-refractivity contribution in [3.05, 3.63) is 28.7 Å². The van der Waals surface area contributed by atoms with E-state index in [4.69, 9.17) is 45.5 Å². The van der Waals surface area contributed by atoms with Crippen LogP contribution in [0.1, 0.15) is 57.4 Å². The first-order chi connectivity index (χ1) is 25.0. The topological polar surface area (TPSA) is 151 Å². The van der Waals surface area contributed by atoms with Crippen LogP contribution in [0.15, 0.2) is 12.3 Å². The van der Waals surface area contributed by atoms with E-state index in [0.29, 0.717) is 51.8 Å². The molecule has 4 aliphatic rings. The molecule has 4 fully saturated rings. The monoisotopic (exact) mass is 739 g/mol. The Morgan fingerprint density at radius 3 is 2.75 bits per heavy atom. The zero-order valence-corrected chi connectivity index (χ0v) is 30.9. The Bertz CT molecular complexity index is 1970. The number of pyridine rings is 1. The summed E-state index contributed by atoms with van der Waals surface area (Å²) in [4.78, 5) is 18.8. The molecule has 4 atom stereocenters. The lowest BCUT2D eigenvalue weighted by Gasteiger charge is -2.53. The number of methoxy groups -OCH3 is 2. The van der Waals surface area contributed by atoms with E-state index in [1.165, 1.54) is 7.11 Å². The highest BCUT2D eigenvalue weighted by molar-refractivity contribution is 6.33. The third-order valence-electron chi connectivity index (χ3n) is 11.9. The number of nitrogens with one attached hydrogen (secondary N) is 1. The number of aliphatic hydroxyl groups is 2. The van der Waals surface area contributed by atoms with Crippen LogP contribution in [0.3, 0.4) is 0 Å². The summed E-state index contributed by atoms with van der Waals surface area (Å²) in [6.07, 6.45) is 8.76. The van der Waals surface area contributed by atoms with Gasteiger partial charge in [0.2, 0.25) is 5.88 Å². The second-order valence-corrected chi connectivity index (χ2v) is 15.8. The van der Waals surface area contributed by atoms with E-state index in [0.717, 1.165) is 51.5 Å². The number of H-pyrrole nitrogens is 1. The Labute approximate surface area is 306 Å². The number of ether oxygens (including phenoxy) is 4. The van der Waals surface area contributed by atoms with Gasteiger partial charge >= 0.3 is 6.01 Å². The van der Waals surface area contributed by atoms with Crippen molar-refractivity contribution in [3.63, 3.8) is 0 Å². The van der Waals surface area contributed by atoms with Gasteiger partial charge in [-0.15, -0.1) is 0 Å². The first-order valence-corrected chi connectivity index (χ1v) is 18.6. The fourth-order valence-electron chi connectivity index (χ4n) is 9.15. The number of rotatable bonds is 9. The van der Waals surface area contributed by atoms with Gasteiger partial charge in [-0.1, -0.05) is 18.0 Å². The summed E-state index contributed by atoms with van der Waals surface area (Å²) >= 11 is 6.63. The summed E-state index contributed by atoms with van der Waals surface area (Å²) in [5.41, 5.74) is 0.277. The van der Waals surface area contributed by atoms with Crippen LogP contribution in [-0.4, -0.2) is 124 Å². The second kappa shape index (κ2) is 13.8. The van der Waals surface area contributed by atoms with Crippen molar-refractivity contribution in [2.75, 3.05) is 58.6 Å². The molecule has 52 heavy (non-hydrogen) atoms. The van der Waals surface area contributed by atoms with Gasteiger partial charge < -0.3 is 34.1 Å². The molecule has 13 nitrogen and oxygen atoms in total. The van der Waals surface area contributed by atoms with Crippen LogP contribution < -0.4 is 14.4 Å². The van der Waals surface area contributed by atoms with E-state index in [-0.39, 0.29) is 66.0 Å². The maximum absolute atomic E-state index is 17.3. The third kappa shape index (κ3) is 6.14. The number of aromatic amines is 1. The average molecular weight is 740 g/mol. The van der Waals surface area contributed by atoms with Crippen LogP contribution in [0, 0.1) is 18.2 Å². The van der Waals surface area contributed by atoms with Crippen molar-refractivity contribution in [2.45, 2.75) is 88.7 Å². The summed E-state index contributed by atoms with van der Waals surface area (Å²) in [6, 6.07) is 2.65. The number of nitrogens with zero attached hydrogens (tertiary/aromatic N) is 6. The molecule has 4 aromatic rings. The van der Waals surface area contributed by atoms with Crippen molar-refractivity contribution in [2.24, 2.45) is 5.41 Å². The quantitative estimate of drug-likeness (QED) is 0.216. The number of β-amino-alcohol motifs (C(OH)–C–C–N with tert-alkyl or cyclic N) is 1. The van der Waals surface area contributed by atoms with Gasteiger partial charge in [0.25, 0.3) is 0 Å². The van der Waals surface area contributed by atoms with Crippen molar-refractivity contribution < 1.29 is 33.6 Å². The maximum atomic E-state index is 17.3. The van der Waals surface area contributed by atoms with Crippen molar-refractivity contribution in [1.82, 2.24) is 30.0 Å². The first-order valence-electron chi connectivity index (χ1n) is 18.2. The van der Waals surface area contributed by atoms with E-state index < -0.39 is 17.5 Å². The van der Waals surface area contributed by atoms with E-state index in [1.807, 2.05) is 0 Å². The SMILES string of the molecule is COc1nc(-c2c(C)c(Cl)cc3[nH]ncc23)c(F)c2nc(OCC34CCCC3N(C3CC(OC)C3)CCC4)nc(N3CC(CO)OCC(C)(O)C3)c12. The molecule has 3 aromatic heterocycles. The number of aliphatic hydroxyl groups excluding tert-OH is 1. The third-order valence-corrected chi connectivity index (χ3v) is 12.3. The first kappa shape index (κ1) is 35.6. The molecule has 280 valence electrons. The van der Waals surface area contributed by atoms with E-state index in [1.54, 1.807) is 38.1 Å². The van der Waals surface area contributed by atoms with E-state index in [9.17, 15) is 10.2 Å². The molecule has 15 heteroatoms. The summed E-state index contributed by atoms with van der Waals surface area (Å²) in [5, 5.41) is 29.8. The molecule has 3 N–H and O–H groups in total. The summed E-state index contributed by atoms with van der Waals surface area (Å²) in [5.74, 6) is -0.352. The van der Waals surface area contributed by atoms with Gasteiger partial charge in [0.05, 0.1) is 57.4 Å². The maximum Gasteiger partial charge on any atom is 0.319 e. The number of halogens is 2. The number of hydrogen-bond acceptors (Lipinski definition) is 12. The molecule has 2 saturated carbocycles. The summed E-state index contributed by atoms with van der Waals surface area (Å²) < 4.78 is 41.2. The van der Waals surface area contributed by atoms with Crippen LogP contribution in [0.25, 0.3) is 33.1 Å². The fraction of sp³-hybridized carbons (Fsp3) is 0.622. The zero-order chi connectivity index (χ0) is 36.4. The number of anilines is 1. The van der Waals surface area contributed by atoms with Gasteiger partial charge in [0.1, 0.15) is 28.0 Å². The van der Waals surface area contributed by atoms with Crippen molar-refractivity contribution >= 4 is 39.2 Å². The molecular weight excluding hydrogens is 693 g/mol. The fourth-order valence-corrected chi connectivity index (χ4v) is 9.36. The Hall–Kier alpha value is -3.40. The van der Waals surface area contributed by atoms with E-state index in [2.05, 4.69) is 15.1 Å².